The molecule has 4 rings (SSSR count). The first-order valence-electron chi connectivity index (χ1n) is 7.80. The van der Waals surface area contributed by atoms with Gasteiger partial charge in [0.15, 0.2) is 5.43 Å². The standard InChI is InChI=1S/C21H17NO/c1-15-7-6-8-16(13-15)14-22-19-11-4-2-9-17(19)21(23)18-10-3-5-12-20(18)22/h2-13H,14H2,1H3. The summed E-state index contributed by atoms with van der Waals surface area (Å²) >= 11 is 0. The van der Waals surface area contributed by atoms with Crippen LogP contribution in [-0.4, -0.2) is 4.57 Å². The molecule has 3 aromatic carbocycles. The average Bonchev–Trinajstić information content (AvgIpc) is 2.59. The van der Waals surface area contributed by atoms with Crippen molar-refractivity contribution < 1.29 is 0 Å². The summed E-state index contributed by atoms with van der Waals surface area (Å²) in [5, 5.41) is 1.55. The first-order valence-corrected chi connectivity index (χ1v) is 7.80. The van der Waals surface area contributed by atoms with Crippen LogP contribution >= 0.6 is 0 Å². The third kappa shape index (κ3) is 2.33. The Morgan fingerprint density at radius 3 is 2.00 bits per heavy atom. The second-order valence-electron chi connectivity index (χ2n) is 5.94. The second kappa shape index (κ2) is 5.40. The van der Waals surface area contributed by atoms with Gasteiger partial charge in [-0.25, -0.2) is 0 Å². The first kappa shape index (κ1) is 13.8. The van der Waals surface area contributed by atoms with E-state index in [-0.39, 0.29) is 5.43 Å². The Bertz CT molecular complexity index is 1020. The molecule has 4 aromatic rings. The van der Waals surface area contributed by atoms with Gasteiger partial charge < -0.3 is 4.57 Å². The number of benzene rings is 3. The van der Waals surface area contributed by atoms with Crippen molar-refractivity contribution in [2.75, 3.05) is 0 Å². The molecule has 0 aliphatic carbocycles. The number of hydrogen-bond donors (Lipinski definition) is 0. The van der Waals surface area contributed by atoms with Gasteiger partial charge in [0.2, 0.25) is 0 Å². The monoisotopic (exact) mass is 299 g/mol. The number of aromatic nitrogens is 1. The molecule has 2 nitrogen and oxygen atoms in total. The molecular formula is C21H17NO. The van der Waals surface area contributed by atoms with Gasteiger partial charge in [-0.05, 0) is 36.8 Å². The van der Waals surface area contributed by atoms with E-state index in [2.05, 4.69) is 35.8 Å². The molecule has 0 atom stereocenters. The lowest BCUT2D eigenvalue weighted by atomic mass is 10.1. The lowest BCUT2D eigenvalue weighted by Gasteiger charge is -2.15. The molecule has 112 valence electrons. The summed E-state index contributed by atoms with van der Waals surface area (Å²) < 4.78 is 2.24. The highest BCUT2D eigenvalue weighted by molar-refractivity contribution is 5.93. The predicted octanol–water partition coefficient (Wildman–Crippen LogP) is 4.51. The Kier molecular flexibility index (Phi) is 3.23. The zero-order valence-corrected chi connectivity index (χ0v) is 13.0. The molecular weight excluding hydrogens is 282 g/mol. The van der Waals surface area contributed by atoms with E-state index in [0.29, 0.717) is 0 Å². The summed E-state index contributed by atoms with van der Waals surface area (Å²) in [4.78, 5) is 12.7. The van der Waals surface area contributed by atoms with E-state index in [1.54, 1.807) is 0 Å². The van der Waals surface area contributed by atoms with Crippen LogP contribution in [0.15, 0.2) is 77.6 Å². The van der Waals surface area contributed by atoms with E-state index in [4.69, 9.17) is 0 Å². The highest BCUT2D eigenvalue weighted by atomic mass is 16.1. The molecule has 0 N–H and O–H groups in total. The van der Waals surface area contributed by atoms with E-state index >= 15 is 0 Å². The van der Waals surface area contributed by atoms with Crippen LogP contribution in [-0.2, 0) is 6.54 Å². The van der Waals surface area contributed by atoms with Crippen LogP contribution in [0, 0.1) is 6.92 Å². The lowest BCUT2D eigenvalue weighted by molar-refractivity contribution is 0.861. The molecule has 0 unspecified atom stereocenters. The quantitative estimate of drug-likeness (QED) is 0.499. The SMILES string of the molecule is Cc1cccc(Cn2c3ccccc3c(=O)c3ccccc32)c1. The van der Waals surface area contributed by atoms with Gasteiger partial charge in [-0.2, -0.15) is 0 Å². The highest BCUT2D eigenvalue weighted by Crippen LogP contribution is 2.20. The molecule has 0 saturated carbocycles. The molecule has 0 amide bonds. The van der Waals surface area contributed by atoms with E-state index in [1.165, 1.54) is 11.1 Å². The molecule has 0 saturated heterocycles. The number of fused-ring (bicyclic) bond motifs is 2. The van der Waals surface area contributed by atoms with E-state index in [0.717, 1.165) is 28.4 Å². The molecule has 1 aromatic heterocycles. The minimum Gasteiger partial charge on any atom is -0.336 e. The summed E-state index contributed by atoms with van der Waals surface area (Å²) in [6.45, 7) is 2.86. The molecule has 0 spiro atoms. The van der Waals surface area contributed by atoms with Gasteiger partial charge in [0.05, 0.1) is 11.0 Å². The summed E-state index contributed by atoms with van der Waals surface area (Å²) in [5.74, 6) is 0. The molecule has 0 aliphatic heterocycles. The molecule has 0 fully saturated rings. The van der Waals surface area contributed by atoms with Crippen LogP contribution in [0.1, 0.15) is 11.1 Å². The van der Waals surface area contributed by atoms with E-state index in [1.807, 2.05) is 48.5 Å². The van der Waals surface area contributed by atoms with Gasteiger partial charge in [0.1, 0.15) is 0 Å². The number of nitrogens with zero attached hydrogens (tertiary/aromatic N) is 1. The maximum Gasteiger partial charge on any atom is 0.197 e. The number of pyridine rings is 1. The van der Waals surface area contributed by atoms with Crippen LogP contribution in [0.4, 0.5) is 0 Å². The summed E-state index contributed by atoms with van der Waals surface area (Å²) in [6, 6.07) is 24.2. The van der Waals surface area contributed by atoms with Gasteiger partial charge in [-0.1, -0.05) is 54.1 Å². The maximum atomic E-state index is 12.7. The minimum atomic E-state index is 0.108. The van der Waals surface area contributed by atoms with Crippen LogP contribution in [0.25, 0.3) is 21.8 Å². The zero-order chi connectivity index (χ0) is 15.8. The second-order valence-corrected chi connectivity index (χ2v) is 5.94. The predicted molar refractivity (Wildman–Crippen MR) is 96.0 cm³/mol. The molecule has 2 heteroatoms. The van der Waals surface area contributed by atoms with E-state index < -0.39 is 0 Å². The van der Waals surface area contributed by atoms with Crippen molar-refractivity contribution in [3.63, 3.8) is 0 Å². The van der Waals surface area contributed by atoms with Crippen LogP contribution in [0.2, 0.25) is 0 Å². The number of hydrogen-bond acceptors (Lipinski definition) is 1. The molecule has 0 radical (unpaired) electrons. The van der Waals surface area contributed by atoms with Crippen molar-refractivity contribution in [2.45, 2.75) is 13.5 Å². The molecule has 0 bridgehead atoms. The van der Waals surface area contributed by atoms with Crippen LogP contribution < -0.4 is 5.43 Å². The van der Waals surface area contributed by atoms with Crippen molar-refractivity contribution in [1.29, 1.82) is 0 Å². The van der Waals surface area contributed by atoms with Crippen molar-refractivity contribution in [3.8, 4) is 0 Å². The van der Waals surface area contributed by atoms with Crippen LogP contribution in [0.5, 0.6) is 0 Å². The number of aryl methyl sites for hydroxylation is 1. The third-order valence-electron chi connectivity index (χ3n) is 4.30. The van der Waals surface area contributed by atoms with Gasteiger partial charge in [-0.15, -0.1) is 0 Å². The summed E-state index contributed by atoms with van der Waals surface area (Å²) in [5.41, 5.74) is 4.56. The van der Waals surface area contributed by atoms with Crippen molar-refractivity contribution in [1.82, 2.24) is 4.57 Å². The van der Waals surface area contributed by atoms with Gasteiger partial charge in [0, 0.05) is 17.3 Å². The minimum absolute atomic E-state index is 0.108. The lowest BCUT2D eigenvalue weighted by Crippen LogP contribution is -2.12. The Labute approximate surface area is 134 Å². The maximum absolute atomic E-state index is 12.7. The third-order valence-corrected chi connectivity index (χ3v) is 4.30. The van der Waals surface area contributed by atoms with Crippen LogP contribution in [0.3, 0.4) is 0 Å². The fourth-order valence-corrected chi connectivity index (χ4v) is 3.24. The van der Waals surface area contributed by atoms with Gasteiger partial charge >= 0.3 is 0 Å². The summed E-state index contributed by atoms with van der Waals surface area (Å²) in [7, 11) is 0. The smallest absolute Gasteiger partial charge is 0.197 e. The molecule has 23 heavy (non-hydrogen) atoms. The fraction of sp³-hybridized carbons (Fsp3) is 0.0952. The summed E-state index contributed by atoms with van der Waals surface area (Å²) in [6.07, 6.45) is 0. The first-order chi connectivity index (χ1) is 11.2. The Morgan fingerprint density at radius 2 is 1.39 bits per heavy atom. The topological polar surface area (TPSA) is 22.0 Å². The Balaban J connectivity index is 2.06. The highest BCUT2D eigenvalue weighted by Gasteiger charge is 2.10. The Morgan fingerprint density at radius 1 is 0.783 bits per heavy atom. The zero-order valence-electron chi connectivity index (χ0n) is 13.0. The van der Waals surface area contributed by atoms with Gasteiger partial charge in [0.25, 0.3) is 0 Å². The van der Waals surface area contributed by atoms with Gasteiger partial charge in [-0.3, -0.25) is 4.79 Å². The fourth-order valence-electron chi connectivity index (χ4n) is 3.24. The van der Waals surface area contributed by atoms with E-state index in [9.17, 15) is 4.79 Å². The van der Waals surface area contributed by atoms with Crippen molar-refractivity contribution in [2.24, 2.45) is 0 Å². The van der Waals surface area contributed by atoms with Crippen molar-refractivity contribution >= 4 is 21.8 Å². The Hall–Kier alpha value is -2.87. The average molecular weight is 299 g/mol. The molecule has 0 aliphatic rings. The number of rotatable bonds is 2. The normalized spacial score (nSPS) is 11.2. The molecule has 1 heterocycles. The largest absolute Gasteiger partial charge is 0.336 e. The number of para-hydroxylation sites is 2. The van der Waals surface area contributed by atoms with Crippen molar-refractivity contribution in [3.05, 3.63) is 94.1 Å².